The number of carboxylic acids is 1. The molecule has 0 amide bonds. The van der Waals surface area contributed by atoms with Gasteiger partial charge in [0.25, 0.3) is 0 Å². The van der Waals surface area contributed by atoms with Crippen molar-refractivity contribution in [3.8, 4) is 17.1 Å². The van der Waals surface area contributed by atoms with Gasteiger partial charge in [0.1, 0.15) is 11.5 Å². The van der Waals surface area contributed by atoms with E-state index in [1.165, 1.54) is 30.0 Å². The Bertz CT molecular complexity index is 607. The number of methoxy groups -OCH3 is 1. The van der Waals surface area contributed by atoms with Crippen LogP contribution in [0.25, 0.3) is 11.4 Å². The van der Waals surface area contributed by atoms with Crippen LogP contribution in [0.5, 0.6) is 5.75 Å². The summed E-state index contributed by atoms with van der Waals surface area (Å²) < 4.78 is 19.8. The number of hydrogen-bond donors (Lipinski definition) is 1. The van der Waals surface area contributed by atoms with Crippen LogP contribution >= 0.6 is 0 Å². The molecule has 0 atom stereocenters. The Morgan fingerprint density at radius 1 is 1.50 bits per heavy atom. The van der Waals surface area contributed by atoms with E-state index in [1.807, 2.05) is 0 Å². The van der Waals surface area contributed by atoms with Gasteiger partial charge < -0.3 is 14.4 Å². The lowest BCUT2D eigenvalue weighted by Gasteiger charge is -2.06. The highest BCUT2D eigenvalue weighted by Gasteiger charge is 2.15. The van der Waals surface area contributed by atoms with Gasteiger partial charge in [0.15, 0.2) is 11.6 Å². The van der Waals surface area contributed by atoms with Crippen LogP contribution in [0.15, 0.2) is 24.4 Å². The molecule has 0 saturated heterocycles. The van der Waals surface area contributed by atoms with E-state index < -0.39 is 11.8 Å². The summed E-state index contributed by atoms with van der Waals surface area (Å²) in [5, 5.41) is 8.91. The fourth-order valence-corrected chi connectivity index (χ4v) is 1.68. The third kappa shape index (κ3) is 1.92. The molecule has 0 bridgehead atoms. The Morgan fingerprint density at radius 2 is 2.22 bits per heavy atom. The third-order valence-electron chi connectivity index (χ3n) is 2.62. The molecule has 0 aliphatic heterocycles. The van der Waals surface area contributed by atoms with Gasteiger partial charge in [-0.25, -0.2) is 14.2 Å². The fraction of sp³-hybridized carbons (Fsp3) is 0.167. The monoisotopic (exact) mass is 250 g/mol. The molecule has 0 spiro atoms. The van der Waals surface area contributed by atoms with Crippen LogP contribution < -0.4 is 4.74 Å². The molecule has 1 aromatic carbocycles. The molecule has 0 fully saturated rings. The summed E-state index contributed by atoms with van der Waals surface area (Å²) in [6.07, 6.45) is 1.24. The van der Waals surface area contributed by atoms with Crippen LogP contribution in [-0.4, -0.2) is 27.7 Å². The van der Waals surface area contributed by atoms with E-state index in [4.69, 9.17) is 9.84 Å². The van der Waals surface area contributed by atoms with Gasteiger partial charge in [-0.3, -0.25) is 0 Å². The molecule has 1 aromatic heterocycles. The highest BCUT2D eigenvalue weighted by atomic mass is 19.1. The lowest BCUT2D eigenvalue weighted by molar-refractivity contribution is 0.0686. The second-order valence-electron chi connectivity index (χ2n) is 3.68. The SMILES string of the molecule is COc1ccc(-c2ncc(C(=O)O)n2C)cc1F. The molecule has 0 aliphatic carbocycles. The lowest BCUT2D eigenvalue weighted by Crippen LogP contribution is -2.05. The zero-order valence-electron chi connectivity index (χ0n) is 9.85. The van der Waals surface area contributed by atoms with Crippen LogP contribution in [-0.2, 0) is 7.05 Å². The maximum atomic E-state index is 13.6. The number of rotatable bonds is 3. The zero-order chi connectivity index (χ0) is 13.3. The molecule has 0 saturated carbocycles. The Hall–Kier alpha value is -2.37. The average Bonchev–Trinajstić information content (AvgIpc) is 2.71. The molecular formula is C12H11FN2O3. The third-order valence-corrected chi connectivity index (χ3v) is 2.62. The standard InChI is InChI=1S/C12H11FN2O3/c1-15-9(12(16)17)6-14-11(15)7-3-4-10(18-2)8(13)5-7/h3-6H,1-2H3,(H,16,17). The number of ether oxygens (including phenoxy) is 1. The quantitative estimate of drug-likeness (QED) is 0.904. The van der Waals surface area contributed by atoms with Crippen molar-refractivity contribution in [2.24, 2.45) is 7.05 Å². The highest BCUT2D eigenvalue weighted by Crippen LogP contribution is 2.24. The molecule has 1 N–H and O–H groups in total. The number of aromatic nitrogens is 2. The fourth-order valence-electron chi connectivity index (χ4n) is 1.68. The first-order valence-electron chi connectivity index (χ1n) is 5.13. The van der Waals surface area contributed by atoms with E-state index in [0.717, 1.165) is 0 Å². The zero-order valence-corrected chi connectivity index (χ0v) is 9.85. The van der Waals surface area contributed by atoms with Crippen LogP contribution in [0, 0.1) is 5.82 Å². The van der Waals surface area contributed by atoms with E-state index >= 15 is 0 Å². The smallest absolute Gasteiger partial charge is 0.354 e. The molecule has 1 heterocycles. The van der Waals surface area contributed by atoms with Crippen LogP contribution in [0.1, 0.15) is 10.5 Å². The second-order valence-corrected chi connectivity index (χ2v) is 3.68. The van der Waals surface area contributed by atoms with Crippen molar-refractivity contribution in [2.45, 2.75) is 0 Å². The number of aromatic carboxylic acids is 1. The van der Waals surface area contributed by atoms with Crippen LogP contribution in [0.4, 0.5) is 4.39 Å². The van der Waals surface area contributed by atoms with Crippen molar-refractivity contribution in [2.75, 3.05) is 7.11 Å². The topological polar surface area (TPSA) is 64.3 Å². The molecule has 0 aliphatic rings. The minimum atomic E-state index is -1.08. The normalized spacial score (nSPS) is 10.4. The van der Waals surface area contributed by atoms with Gasteiger partial charge in [-0.15, -0.1) is 0 Å². The predicted octanol–water partition coefficient (Wildman–Crippen LogP) is 1.93. The van der Waals surface area contributed by atoms with Gasteiger partial charge in [0.05, 0.1) is 13.3 Å². The Kier molecular flexibility index (Phi) is 3.01. The van der Waals surface area contributed by atoms with Gasteiger partial charge in [0, 0.05) is 12.6 Å². The van der Waals surface area contributed by atoms with E-state index in [0.29, 0.717) is 11.4 Å². The molecule has 5 nitrogen and oxygen atoms in total. The van der Waals surface area contributed by atoms with Gasteiger partial charge in [-0.1, -0.05) is 0 Å². The first-order valence-corrected chi connectivity index (χ1v) is 5.13. The molecule has 2 rings (SSSR count). The molecule has 2 aromatic rings. The maximum Gasteiger partial charge on any atom is 0.354 e. The molecule has 94 valence electrons. The predicted molar refractivity (Wildman–Crippen MR) is 62.1 cm³/mol. The summed E-state index contributed by atoms with van der Waals surface area (Å²) in [5.74, 6) is -1.08. The highest BCUT2D eigenvalue weighted by molar-refractivity contribution is 5.86. The summed E-state index contributed by atoms with van der Waals surface area (Å²) in [4.78, 5) is 14.9. The number of benzene rings is 1. The molecule has 18 heavy (non-hydrogen) atoms. The molecular weight excluding hydrogens is 239 g/mol. The van der Waals surface area contributed by atoms with Crippen molar-refractivity contribution in [1.29, 1.82) is 0 Å². The van der Waals surface area contributed by atoms with Crippen molar-refractivity contribution in [3.63, 3.8) is 0 Å². The second kappa shape index (κ2) is 4.48. The number of hydrogen-bond acceptors (Lipinski definition) is 3. The minimum absolute atomic E-state index is 0.0428. The first kappa shape index (κ1) is 12.1. The summed E-state index contributed by atoms with van der Waals surface area (Å²) in [6.45, 7) is 0. The number of halogens is 1. The van der Waals surface area contributed by atoms with E-state index in [2.05, 4.69) is 4.98 Å². The number of carboxylic acid groups (broad SMARTS) is 1. The average molecular weight is 250 g/mol. The first-order chi connectivity index (χ1) is 8.54. The Balaban J connectivity index is 2.49. The number of carbonyl (C=O) groups is 1. The summed E-state index contributed by atoms with van der Waals surface area (Å²) in [7, 11) is 2.94. The van der Waals surface area contributed by atoms with Gasteiger partial charge in [0.2, 0.25) is 0 Å². The number of imidazole rings is 1. The van der Waals surface area contributed by atoms with Crippen LogP contribution in [0.3, 0.4) is 0 Å². The van der Waals surface area contributed by atoms with E-state index in [9.17, 15) is 9.18 Å². The van der Waals surface area contributed by atoms with Gasteiger partial charge >= 0.3 is 5.97 Å². The largest absolute Gasteiger partial charge is 0.494 e. The lowest BCUT2D eigenvalue weighted by atomic mass is 10.2. The van der Waals surface area contributed by atoms with Crippen molar-refractivity contribution in [3.05, 3.63) is 35.9 Å². The molecule has 0 unspecified atom stereocenters. The summed E-state index contributed by atoms with van der Waals surface area (Å²) in [6, 6.07) is 4.35. The van der Waals surface area contributed by atoms with Crippen LogP contribution in [0.2, 0.25) is 0 Å². The summed E-state index contributed by atoms with van der Waals surface area (Å²) in [5.41, 5.74) is 0.532. The molecule has 0 radical (unpaired) electrons. The minimum Gasteiger partial charge on any atom is -0.494 e. The van der Waals surface area contributed by atoms with E-state index in [1.54, 1.807) is 13.1 Å². The van der Waals surface area contributed by atoms with Crippen molar-refractivity contribution < 1.29 is 19.0 Å². The maximum absolute atomic E-state index is 13.6. The number of nitrogens with zero attached hydrogens (tertiary/aromatic N) is 2. The van der Waals surface area contributed by atoms with E-state index in [-0.39, 0.29) is 11.4 Å². The Morgan fingerprint density at radius 3 is 2.72 bits per heavy atom. The summed E-state index contributed by atoms with van der Waals surface area (Å²) >= 11 is 0. The van der Waals surface area contributed by atoms with Gasteiger partial charge in [-0.05, 0) is 18.2 Å². The van der Waals surface area contributed by atoms with Crippen molar-refractivity contribution in [1.82, 2.24) is 9.55 Å². The Labute approximate surface area is 102 Å². The van der Waals surface area contributed by atoms with Gasteiger partial charge in [-0.2, -0.15) is 0 Å². The van der Waals surface area contributed by atoms with Crippen molar-refractivity contribution >= 4 is 5.97 Å². The molecule has 6 heteroatoms.